The van der Waals surface area contributed by atoms with Gasteiger partial charge in [-0.15, -0.1) is 0 Å². The van der Waals surface area contributed by atoms with E-state index in [-0.39, 0.29) is 23.6 Å². The molecule has 1 aromatic carbocycles. The summed E-state index contributed by atoms with van der Waals surface area (Å²) < 4.78 is 6.12. The summed E-state index contributed by atoms with van der Waals surface area (Å²) in [6, 6.07) is 7.72. The van der Waals surface area contributed by atoms with Crippen molar-refractivity contribution in [3.63, 3.8) is 0 Å². The normalized spacial score (nSPS) is 22.0. The molecule has 0 aliphatic carbocycles. The van der Waals surface area contributed by atoms with E-state index in [2.05, 4.69) is 5.32 Å². The molecule has 0 saturated carbocycles. The quantitative estimate of drug-likeness (QED) is 0.896. The second-order valence-electron chi connectivity index (χ2n) is 7.34. The van der Waals surface area contributed by atoms with Gasteiger partial charge in [-0.2, -0.15) is 0 Å². The molecule has 2 saturated heterocycles. The summed E-state index contributed by atoms with van der Waals surface area (Å²) >= 11 is 0. The summed E-state index contributed by atoms with van der Waals surface area (Å²) in [4.78, 5) is 27.9. The highest BCUT2D eigenvalue weighted by atomic mass is 16.5. The lowest BCUT2D eigenvalue weighted by Gasteiger charge is -2.39. The van der Waals surface area contributed by atoms with Crippen LogP contribution in [0.3, 0.4) is 0 Å². The van der Waals surface area contributed by atoms with Crippen LogP contribution in [0.15, 0.2) is 24.3 Å². The van der Waals surface area contributed by atoms with E-state index in [1.54, 1.807) is 19.0 Å². The van der Waals surface area contributed by atoms with Crippen LogP contribution in [-0.4, -0.2) is 60.6 Å². The van der Waals surface area contributed by atoms with Gasteiger partial charge >= 0.3 is 6.03 Å². The zero-order valence-electron chi connectivity index (χ0n) is 15.2. The molecule has 136 valence electrons. The number of ether oxygens (including phenoxy) is 1. The number of piperidine rings is 1. The number of rotatable bonds is 2. The molecular weight excluding hydrogens is 318 g/mol. The number of nitrogens with zero attached hydrogens (tertiary/aromatic N) is 2. The Bertz CT molecular complexity index is 634. The highest BCUT2D eigenvalue weighted by molar-refractivity contribution is 5.89. The molecule has 1 spiro atoms. The van der Waals surface area contributed by atoms with Crippen molar-refractivity contribution >= 4 is 17.6 Å². The van der Waals surface area contributed by atoms with Gasteiger partial charge in [0.15, 0.2) is 0 Å². The van der Waals surface area contributed by atoms with Crippen LogP contribution in [0.4, 0.5) is 10.5 Å². The molecule has 1 atom stereocenters. The Morgan fingerprint density at radius 1 is 1.16 bits per heavy atom. The Morgan fingerprint density at radius 3 is 2.40 bits per heavy atom. The lowest BCUT2D eigenvalue weighted by Crippen LogP contribution is -2.48. The number of carbonyl (C=O) groups is 2. The minimum Gasteiger partial charge on any atom is -0.362 e. The molecule has 1 unspecified atom stereocenters. The Kier molecular flexibility index (Phi) is 4.99. The van der Waals surface area contributed by atoms with E-state index < -0.39 is 0 Å². The maximum Gasteiger partial charge on any atom is 0.321 e. The number of hydrogen-bond acceptors (Lipinski definition) is 3. The number of aryl methyl sites for hydroxylation is 1. The minimum atomic E-state index is -0.331. The Morgan fingerprint density at radius 2 is 1.80 bits per heavy atom. The summed E-state index contributed by atoms with van der Waals surface area (Å²) in [5.41, 5.74) is 1.74. The Hall–Kier alpha value is -2.08. The number of carbonyl (C=O) groups excluding carboxylic acids is 2. The fourth-order valence-electron chi connectivity index (χ4n) is 3.60. The first-order chi connectivity index (χ1) is 11.9. The van der Waals surface area contributed by atoms with Crippen LogP contribution >= 0.6 is 0 Å². The topological polar surface area (TPSA) is 61.9 Å². The molecule has 25 heavy (non-hydrogen) atoms. The van der Waals surface area contributed by atoms with Crippen molar-refractivity contribution in [3.8, 4) is 0 Å². The lowest BCUT2D eigenvalue weighted by molar-refractivity contribution is -0.148. The zero-order chi connectivity index (χ0) is 18.0. The number of nitrogens with one attached hydrogen (secondary N) is 1. The fourth-order valence-corrected chi connectivity index (χ4v) is 3.60. The number of likely N-dealkylation sites (N-methyl/N-ethyl adjacent to an activating group) is 1. The van der Waals surface area contributed by atoms with E-state index in [9.17, 15) is 9.59 Å². The monoisotopic (exact) mass is 345 g/mol. The number of anilines is 1. The maximum atomic E-state index is 12.4. The SMILES string of the molecule is Cc1ccc(NC(=O)N2CCC3(CCC(C(=O)N(C)C)O3)CC2)cc1. The third-order valence-corrected chi connectivity index (χ3v) is 5.24. The fraction of sp³-hybridized carbons (Fsp3) is 0.579. The Labute approximate surface area is 149 Å². The summed E-state index contributed by atoms with van der Waals surface area (Å²) in [7, 11) is 3.52. The van der Waals surface area contributed by atoms with E-state index in [1.165, 1.54) is 0 Å². The van der Waals surface area contributed by atoms with Gasteiger partial charge in [0.25, 0.3) is 5.91 Å². The molecule has 1 N–H and O–H groups in total. The largest absolute Gasteiger partial charge is 0.362 e. The van der Waals surface area contributed by atoms with Gasteiger partial charge in [0, 0.05) is 32.9 Å². The van der Waals surface area contributed by atoms with E-state index in [0.717, 1.165) is 36.9 Å². The summed E-state index contributed by atoms with van der Waals surface area (Å²) in [5.74, 6) is 0.0384. The first-order valence-corrected chi connectivity index (χ1v) is 8.90. The number of likely N-dealkylation sites (tertiary alicyclic amines) is 1. The molecule has 0 radical (unpaired) electrons. The van der Waals surface area contributed by atoms with Crippen LogP contribution < -0.4 is 5.32 Å². The molecule has 6 heteroatoms. The van der Waals surface area contributed by atoms with Gasteiger partial charge in [-0.3, -0.25) is 4.79 Å². The molecule has 2 heterocycles. The van der Waals surface area contributed by atoms with Crippen LogP contribution in [0.1, 0.15) is 31.2 Å². The molecule has 6 nitrogen and oxygen atoms in total. The molecule has 2 fully saturated rings. The predicted molar refractivity (Wildman–Crippen MR) is 96.5 cm³/mol. The van der Waals surface area contributed by atoms with Crippen LogP contribution in [-0.2, 0) is 9.53 Å². The highest BCUT2D eigenvalue weighted by Crippen LogP contribution is 2.39. The van der Waals surface area contributed by atoms with Gasteiger partial charge in [0.2, 0.25) is 0 Å². The molecule has 2 aliphatic heterocycles. The molecular formula is C19H27N3O3. The second kappa shape index (κ2) is 7.04. The van der Waals surface area contributed by atoms with Crippen LogP contribution in [0.5, 0.6) is 0 Å². The van der Waals surface area contributed by atoms with Crippen molar-refractivity contribution in [2.45, 2.75) is 44.3 Å². The first-order valence-electron chi connectivity index (χ1n) is 8.90. The van der Waals surface area contributed by atoms with E-state index in [1.807, 2.05) is 36.1 Å². The first kappa shape index (κ1) is 17.7. The summed E-state index contributed by atoms with van der Waals surface area (Å²) in [6.07, 6.45) is 2.90. The molecule has 1 aromatic rings. The zero-order valence-corrected chi connectivity index (χ0v) is 15.2. The molecule has 0 aromatic heterocycles. The van der Waals surface area contributed by atoms with Crippen molar-refractivity contribution in [3.05, 3.63) is 29.8 Å². The van der Waals surface area contributed by atoms with Gasteiger partial charge in [-0.1, -0.05) is 17.7 Å². The van der Waals surface area contributed by atoms with Crippen molar-refractivity contribution < 1.29 is 14.3 Å². The van der Waals surface area contributed by atoms with Crippen molar-refractivity contribution in [2.24, 2.45) is 0 Å². The lowest BCUT2D eigenvalue weighted by atomic mass is 9.88. The molecule has 0 bridgehead atoms. The number of benzene rings is 1. The maximum absolute atomic E-state index is 12.4. The van der Waals surface area contributed by atoms with Crippen LogP contribution in [0.25, 0.3) is 0 Å². The third-order valence-electron chi connectivity index (χ3n) is 5.24. The van der Waals surface area contributed by atoms with Crippen LogP contribution in [0.2, 0.25) is 0 Å². The average molecular weight is 345 g/mol. The van der Waals surface area contributed by atoms with Gasteiger partial charge in [-0.05, 0) is 44.7 Å². The number of urea groups is 1. The average Bonchev–Trinajstić information content (AvgIpc) is 3.00. The van der Waals surface area contributed by atoms with E-state index >= 15 is 0 Å². The van der Waals surface area contributed by atoms with Crippen molar-refractivity contribution in [2.75, 3.05) is 32.5 Å². The van der Waals surface area contributed by atoms with Gasteiger partial charge in [0.05, 0.1) is 5.60 Å². The van der Waals surface area contributed by atoms with Gasteiger partial charge < -0.3 is 19.9 Å². The third kappa shape index (κ3) is 3.95. The molecule has 2 aliphatic rings. The molecule has 3 amide bonds. The Balaban J connectivity index is 1.52. The number of amides is 3. The highest BCUT2D eigenvalue weighted by Gasteiger charge is 2.45. The molecule has 3 rings (SSSR count). The smallest absolute Gasteiger partial charge is 0.321 e. The summed E-state index contributed by atoms with van der Waals surface area (Å²) in [6.45, 7) is 3.33. The van der Waals surface area contributed by atoms with Crippen molar-refractivity contribution in [1.82, 2.24) is 9.80 Å². The van der Waals surface area contributed by atoms with E-state index in [4.69, 9.17) is 4.74 Å². The summed E-state index contributed by atoms with van der Waals surface area (Å²) in [5, 5.41) is 2.95. The van der Waals surface area contributed by atoms with Gasteiger partial charge in [-0.25, -0.2) is 4.79 Å². The minimum absolute atomic E-state index is 0.0384. The standard InChI is InChI=1S/C19H27N3O3/c1-14-4-6-15(7-5-14)20-18(24)22-12-10-19(11-13-22)9-8-16(25-19)17(23)21(2)3/h4-7,16H,8-13H2,1-3H3,(H,20,24). The van der Waals surface area contributed by atoms with Gasteiger partial charge in [0.1, 0.15) is 6.10 Å². The second-order valence-corrected chi connectivity index (χ2v) is 7.34. The predicted octanol–water partition coefficient (Wildman–Crippen LogP) is 2.63. The number of hydrogen-bond donors (Lipinski definition) is 1. The van der Waals surface area contributed by atoms with Crippen molar-refractivity contribution in [1.29, 1.82) is 0 Å². The van der Waals surface area contributed by atoms with Crippen LogP contribution in [0, 0.1) is 6.92 Å². The van der Waals surface area contributed by atoms with E-state index in [0.29, 0.717) is 13.1 Å².